The number of hydrogen-bond acceptors (Lipinski definition) is 3. The first-order valence-corrected chi connectivity index (χ1v) is 6.23. The van der Waals surface area contributed by atoms with E-state index in [1.165, 1.54) is 0 Å². The Bertz CT molecular complexity index is 232. The van der Waals surface area contributed by atoms with Crippen molar-refractivity contribution in [3.63, 3.8) is 0 Å². The molecule has 0 aromatic heterocycles. The van der Waals surface area contributed by atoms with Gasteiger partial charge in [-0.1, -0.05) is 12.8 Å². The third-order valence-corrected chi connectivity index (χ3v) is 2.65. The van der Waals surface area contributed by atoms with Gasteiger partial charge in [-0.05, 0) is 25.8 Å². The van der Waals surface area contributed by atoms with E-state index in [9.17, 15) is 9.59 Å². The van der Waals surface area contributed by atoms with Crippen molar-refractivity contribution in [3.8, 4) is 0 Å². The van der Waals surface area contributed by atoms with E-state index in [2.05, 4.69) is 0 Å². The minimum atomic E-state index is -0.812. The third-order valence-electron chi connectivity index (χ3n) is 2.65. The number of carbonyl (C=O) groups excluding carboxylic acids is 1. The van der Waals surface area contributed by atoms with Crippen LogP contribution in [-0.2, 0) is 9.59 Å². The largest absolute Gasteiger partial charge is 0.481 e. The van der Waals surface area contributed by atoms with Crippen molar-refractivity contribution in [1.29, 1.82) is 0 Å². The minimum absolute atomic E-state index is 0.100. The number of carboxylic acid groups (broad SMARTS) is 1. The zero-order valence-electron chi connectivity index (χ0n) is 10.7. The van der Waals surface area contributed by atoms with E-state index in [-0.39, 0.29) is 12.3 Å². The summed E-state index contributed by atoms with van der Waals surface area (Å²) in [5.41, 5.74) is 5.37. The van der Waals surface area contributed by atoms with Crippen molar-refractivity contribution >= 4 is 11.9 Å². The number of carbonyl (C=O) groups is 2. The molecule has 1 amide bonds. The summed E-state index contributed by atoms with van der Waals surface area (Å²) in [6.07, 6.45) is 5.20. The molecule has 0 aromatic rings. The van der Waals surface area contributed by atoms with Crippen LogP contribution in [0, 0.1) is 0 Å². The van der Waals surface area contributed by atoms with E-state index < -0.39 is 5.97 Å². The van der Waals surface area contributed by atoms with Gasteiger partial charge in [-0.15, -0.1) is 0 Å². The van der Waals surface area contributed by atoms with Crippen LogP contribution in [0.4, 0.5) is 0 Å². The fourth-order valence-electron chi connectivity index (χ4n) is 1.56. The summed E-state index contributed by atoms with van der Waals surface area (Å²) in [7, 11) is 1.73. The molecule has 0 bridgehead atoms. The second kappa shape index (κ2) is 10.1. The molecule has 0 aliphatic heterocycles. The molecule has 0 aliphatic rings. The van der Waals surface area contributed by atoms with Crippen molar-refractivity contribution in [2.75, 3.05) is 20.1 Å². The van der Waals surface area contributed by atoms with Crippen molar-refractivity contribution in [2.24, 2.45) is 5.73 Å². The first-order valence-electron chi connectivity index (χ1n) is 6.23. The molecule has 0 saturated carbocycles. The Morgan fingerprint density at radius 2 is 1.71 bits per heavy atom. The molecular weight excluding hydrogens is 220 g/mol. The highest BCUT2D eigenvalue weighted by Gasteiger charge is 2.08. The number of unbranched alkanes of at least 4 members (excludes halogenated alkanes) is 3. The van der Waals surface area contributed by atoms with Gasteiger partial charge in [0.1, 0.15) is 0 Å². The Hall–Kier alpha value is -1.10. The molecule has 0 unspecified atom stereocenters. The van der Waals surface area contributed by atoms with Gasteiger partial charge < -0.3 is 15.7 Å². The lowest BCUT2D eigenvalue weighted by Crippen LogP contribution is -2.27. The number of rotatable bonds is 10. The highest BCUT2D eigenvalue weighted by atomic mass is 16.4. The number of carboxylic acids is 1. The maximum atomic E-state index is 11.6. The van der Waals surface area contributed by atoms with Crippen LogP contribution in [0.3, 0.4) is 0 Å². The van der Waals surface area contributed by atoms with E-state index in [0.29, 0.717) is 25.9 Å². The van der Waals surface area contributed by atoms with Crippen LogP contribution in [0.25, 0.3) is 0 Å². The number of aliphatic carboxylic acids is 1. The van der Waals surface area contributed by atoms with Crippen LogP contribution in [-0.4, -0.2) is 42.0 Å². The number of hydrogen-bond donors (Lipinski definition) is 2. The van der Waals surface area contributed by atoms with Crippen LogP contribution in [0.15, 0.2) is 0 Å². The Labute approximate surface area is 103 Å². The molecule has 0 radical (unpaired) electrons. The van der Waals surface area contributed by atoms with Crippen LogP contribution in [0.5, 0.6) is 0 Å². The van der Waals surface area contributed by atoms with Crippen LogP contribution in [0.2, 0.25) is 0 Å². The Kier molecular flexibility index (Phi) is 9.43. The SMILES string of the molecule is CN(CCCC(=O)O)C(=O)CCCCCCN. The summed E-state index contributed by atoms with van der Waals surface area (Å²) in [5.74, 6) is -0.712. The van der Waals surface area contributed by atoms with Gasteiger partial charge in [0.05, 0.1) is 0 Å². The van der Waals surface area contributed by atoms with E-state index in [4.69, 9.17) is 10.8 Å². The standard InChI is InChI=1S/C12H24N2O3/c1-14(10-6-8-12(16)17)11(15)7-4-2-3-5-9-13/h2-10,13H2,1H3,(H,16,17). The average Bonchev–Trinajstić information content (AvgIpc) is 2.27. The highest BCUT2D eigenvalue weighted by molar-refractivity contribution is 5.75. The summed E-state index contributed by atoms with van der Waals surface area (Å²) < 4.78 is 0. The predicted molar refractivity (Wildman–Crippen MR) is 66.6 cm³/mol. The van der Waals surface area contributed by atoms with E-state index in [0.717, 1.165) is 25.7 Å². The van der Waals surface area contributed by atoms with Gasteiger partial charge in [0.2, 0.25) is 5.91 Å². The van der Waals surface area contributed by atoms with Crippen molar-refractivity contribution in [1.82, 2.24) is 4.90 Å². The molecule has 100 valence electrons. The lowest BCUT2D eigenvalue weighted by molar-refractivity contribution is -0.138. The maximum Gasteiger partial charge on any atom is 0.303 e. The summed E-state index contributed by atoms with van der Waals surface area (Å²) in [6.45, 7) is 1.23. The smallest absolute Gasteiger partial charge is 0.303 e. The molecule has 0 fully saturated rings. The fourth-order valence-corrected chi connectivity index (χ4v) is 1.56. The molecule has 0 heterocycles. The van der Waals surface area contributed by atoms with Gasteiger partial charge in [-0.2, -0.15) is 0 Å². The van der Waals surface area contributed by atoms with Gasteiger partial charge in [0.25, 0.3) is 0 Å². The number of nitrogens with two attached hydrogens (primary N) is 1. The third kappa shape index (κ3) is 9.81. The quantitative estimate of drug-likeness (QED) is 0.566. The average molecular weight is 244 g/mol. The molecule has 0 aliphatic carbocycles. The van der Waals surface area contributed by atoms with Crippen molar-refractivity contribution < 1.29 is 14.7 Å². The molecule has 17 heavy (non-hydrogen) atoms. The summed E-state index contributed by atoms with van der Waals surface area (Å²) in [4.78, 5) is 23.5. The molecule has 0 rings (SSSR count). The van der Waals surface area contributed by atoms with Crippen LogP contribution < -0.4 is 5.73 Å². The lowest BCUT2D eigenvalue weighted by Gasteiger charge is -2.16. The van der Waals surface area contributed by atoms with Crippen LogP contribution >= 0.6 is 0 Å². The molecule has 3 N–H and O–H groups in total. The number of amides is 1. The molecule has 5 heteroatoms. The summed E-state index contributed by atoms with van der Waals surface area (Å²) >= 11 is 0. The minimum Gasteiger partial charge on any atom is -0.481 e. The Morgan fingerprint density at radius 3 is 2.29 bits per heavy atom. The second-order valence-electron chi connectivity index (χ2n) is 4.27. The van der Waals surface area contributed by atoms with Gasteiger partial charge in [-0.25, -0.2) is 0 Å². The lowest BCUT2D eigenvalue weighted by atomic mass is 10.1. The van der Waals surface area contributed by atoms with Gasteiger partial charge in [0, 0.05) is 26.4 Å². The summed E-state index contributed by atoms with van der Waals surface area (Å²) in [5, 5.41) is 8.48. The van der Waals surface area contributed by atoms with Gasteiger partial charge in [-0.3, -0.25) is 9.59 Å². The van der Waals surface area contributed by atoms with E-state index in [1.54, 1.807) is 11.9 Å². The van der Waals surface area contributed by atoms with Crippen LogP contribution in [0.1, 0.15) is 44.9 Å². The molecule has 0 saturated heterocycles. The van der Waals surface area contributed by atoms with E-state index >= 15 is 0 Å². The maximum absolute atomic E-state index is 11.6. The molecular formula is C12H24N2O3. The Balaban J connectivity index is 3.50. The molecule has 0 spiro atoms. The number of nitrogens with zero attached hydrogens (tertiary/aromatic N) is 1. The monoisotopic (exact) mass is 244 g/mol. The fraction of sp³-hybridized carbons (Fsp3) is 0.833. The predicted octanol–water partition coefficient (Wildman–Crippen LogP) is 1.22. The zero-order chi connectivity index (χ0) is 13.1. The zero-order valence-corrected chi connectivity index (χ0v) is 10.7. The topological polar surface area (TPSA) is 83.6 Å². The Morgan fingerprint density at radius 1 is 1.06 bits per heavy atom. The van der Waals surface area contributed by atoms with Crippen molar-refractivity contribution in [3.05, 3.63) is 0 Å². The second-order valence-corrected chi connectivity index (χ2v) is 4.27. The van der Waals surface area contributed by atoms with Gasteiger partial charge in [0.15, 0.2) is 0 Å². The van der Waals surface area contributed by atoms with Gasteiger partial charge >= 0.3 is 5.97 Å². The molecule has 0 aromatic carbocycles. The molecule has 0 atom stereocenters. The summed E-state index contributed by atoms with van der Waals surface area (Å²) in [6, 6.07) is 0. The normalized spacial score (nSPS) is 10.2. The first-order chi connectivity index (χ1) is 8.07. The van der Waals surface area contributed by atoms with E-state index in [1.807, 2.05) is 0 Å². The highest BCUT2D eigenvalue weighted by Crippen LogP contribution is 2.05. The van der Waals surface area contributed by atoms with Crippen molar-refractivity contribution in [2.45, 2.75) is 44.9 Å². The first kappa shape index (κ1) is 15.9. The molecule has 5 nitrogen and oxygen atoms in total.